The van der Waals surface area contributed by atoms with E-state index in [1.54, 1.807) is 0 Å². The molecule has 0 bridgehead atoms. The van der Waals surface area contributed by atoms with Crippen molar-refractivity contribution < 1.29 is 0 Å². The molecule has 0 aliphatic rings. The number of nitrogens with zero attached hydrogens (tertiary/aromatic N) is 3. The largest absolute Gasteiger partial charge is 0.250 e. The van der Waals surface area contributed by atoms with Gasteiger partial charge in [0.2, 0.25) is 0 Å². The fourth-order valence-electron chi connectivity index (χ4n) is 2.02. The van der Waals surface area contributed by atoms with Crippen molar-refractivity contribution in [2.45, 2.75) is 39.5 Å². The zero-order valence-corrected chi connectivity index (χ0v) is 11.7. The summed E-state index contributed by atoms with van der Waals surface area (Å²) in [7, 11) is 1.93. The number of hydrogen-bond donors (Lipinski definition) is 0. The average molecular weight is 252 g/mol. The molecule has 3 nitrogen and oxygen atoms in total. The third-order valence-corrected chi connectivity index (χ3v) is 3.22. The van der Waals surface area contributed by atoms with Gasteiger partial charge >= 0.3 is 0 Å². The molecule has 0 amide bonds. The molecule has 92 valence electrons. The summed E-state index contributed by atoms with van der Waals surface area (Å²) in [4.78, 5) is 4.65. The van der Waals surface area contributed by atoms with Gasteiger partial charge in [-0.1, -0.05) is 39.3 Å². The lowest BCUT2D eigenvalue weighted by molar-refractivity contribution is 0.721. The van der Waals surface area contributed by atoms with Crippen LogP contribution in [0.1, 0.15) is 50.9 Å². The molecule has 0 aromatic carbocycles. The van der Waals surface area contributed by atoms with Crippen LogP contribution in [0, 0.1) is 0 Å². The molecule has 4 heteroatoms. The molecule has 0 aliphatic heterocycles. The molecule has 0 atom stereocenters. The summed E-state index contributed by atoms with van der Waals surface area (Å²) in [6, 6.07) is 2.00. The third-order valence-electron chi connectivity index (χ3n) is 2.92. The molecule has 0 saturated carbocycles. The van der Waals surface area contributed by atoms with E-state index in [9.17, 15) is 0 Å². The van der Waals surface area contributed by atoms with Gasteiger partial charge in [0.05, 0.1) is 16.4 Å². The maximum atomic E-state index is 6.28. The highest BCUT2D eigenvalue weighted by atomic mass is 35.5. The van der Waals surface area contributed by atoms with E-state index < -0.39 is 0 Å². The highest BCUT2D eigenvalue weighted by Gasteiger charge is 2.16. The molecule has 2 aromatic rings. The van der Waals surface area contributed by atoms with Crippen molar-refractivity contribution in [1.82, 2.24) is 14.8 Å². The first-order chi connectivity index (χ1) is 7.91. The Morgan fingerprint density at radius 2 is 1.71 bits per heavy atom. The van der Waals surface area contributed by atoms with Gasteiger partial charge in [0, 0.05) is 12.4 Å². The maximum absolute atomic E-state index is 6.28. The summed E-state index contributed by atoms with van der Waals surface area (Å²) in [6.45, 7) is 8.46. The van der Waals surface area contributed by atoms with Gasteiger partial charge in [-0.3, -0.25) is 4.68 Å². The van der Waals surface area contributed by atoms with Crippen molar-refractivity contribution in [3.8, 4) is 0 Å². The standard InChI is InChI=1S/C13H18ClN3/c1-7(2)11-9-6-10(14)12(8(3)4)15-13(9)17(5)16-11/h6-8H,1-5H3. The Labute approximate surface area is 107 Å². The van der Waals surface area contributed by atoms with Crippen molar-refractivity contribution in [3.05, 3.63) is 22.5 Å². The molecule has 0 spiro atoms. The van der Waals surface area contributed by atoms with E-state index in [4.69, 9.17) is 11.6 Å². The second kappa shape index (κ2) is 4.30. The van der Waals surface area contributed by atoms with Crippen molar-refractivity contribution in [2.75, 3.05) is 0 Å². The zero-order valence-electron chi connectivity index (χ0n) is 11.0. The van der Waals surface area contributed by atoms with Gasteiger partial charge in [-0.2, -0.15) is 5.10 Å². The van der Waals surface area contributed by atoms with E-state index in [0.29, 0.717) is 11.8 Å². The molecule has 2 heterocycles. The fourth-order valence-corrected chi connectivity index (χ4v) is 2.39. The number of rotatable bonds is 2. The van der Waals surface area contributed by atoms with E-state index in [2.05, 4.69) is 37.8 Å². The Bertz CT molecular complexity index is 555. The van der Waals surface area contributed by atoms with Crippen LogP contribution >= 0.6 is 11.6 Å². The van der Waals surface area contributed by atoms with Crippen LogP contribution < -0.4 is 0 Å². The summed E-state index contributed by atoms with van der Waals surface area (Å²) in [5.41, 5.74) is 2.92. The van der Waals surface area contributed by atoms with Gasteiger partial charge in [0.25, 0.3) is 0 Å². The number of fused-ring (bicyclic) bond motifs is 1. The van der Waals surface area contributed by atoms with E-state index >= 15 is 0 Å². The van der Waals surface area contributed by atoms with Gasteiger partial charge in [-0.25, -0.2) is 4.98 Å². The SMILES string of the molecule is CC(C)c1nc2c(cc1Cl)c(C(C)C)nn2C. The van der Waals surface area contributed by atoms with E-state index in [-0.39, 0.29) is 0 Å². The molecule has 0 radical (unpaired) electrons. The lowest BCUT2D eigenvalue weighted by Gasteiger charge is -2.07. The Morgan fingerprint density at radius 1 is 1.12 bits per heavy atom. The predicted molar refractivity (Wildman–Crippen MR) is 71.7 cm³/mol. The molecule has 0 aliphatic carbocycles. The van der Waals surface area contributed by atoms with Crippen molar-refractivity contribution in [2.24, 2.45) is 7.05 Å². The molecule has 2 aromatic heterocycles. The highest BCUT2D eigenvalue weighted by molar-refractivity contribution is 6.31. The van der Waals surface area contributed by atoms with Gasteiger partial charge in [-0.05, 0) is 17.9 Å². The van der Waals surface area contributed by atoms with Crippen LogP contribution in [0.3, 0.4) is 0 Å². The quantitative estimate of drug-likeness (QED) is 0.811. The number of pyridine rings is 1. The van der Waals surface area contributed by atoms with E-state index in [1.165, 1.54) is 0 Å². The smallest absolute Gasteiger partial charge is 0.158 e. The van der Waals surface area contributed by atoms with Crippen LogP contribution in [0.2, 0.25) is 5.02 Å². The molecule has 0 N–H and O–H groups in total. The number of aromatic nitrogens is 3. The molecular formula is C13H18ClN3. The summed E-state index contributed by atoms with van der Waals surface area (Å²) in [6.07, 6.45) is 0. The summed E-state index contributed by atoms with van der Waals surface area (Å²) < 4.78 is 1.84. The van der Waals surface area contributed by atoms with Gasteiger partial charge in [-0.15, -0.1) is 0 Å². The minimum atomic E-state index is 0.323. The van der Waals surface area contributed by atoms with Gasteiger partial charge in [0.1, 0.15) is 0 Å². The predicted octanol–water partition coefficient (Wildman–Crippen LogP) is 3.87. The Kier molecular flexibility index (Phi) is 3.13. The topological polar surface area (TPSA) is 30.7 Å². The van der Waals surface area contributed by atoms with Crippen LogP contribution in [0.15, 0.2) is 6.07 Å². The molecular weight excluding hydrogens is 234 g/mol. The van der Waals surface area contributed by atoms with Crippen LogP contribution in [0.25, 0.3) is 11.0 Å². The van der Waals surface area contributed by atoms with Crippen LogP contribution in [-0.4, -0.2) is 14.8 Å². The lowest BCUT2D eigenvalue weighted by atomic mass is 10.1. The van der Waals surface area contributed by atoms with Gasteiger partial charge in [0.15, 0.2) is 5.65 Å². The first kappa shape index (κ1) is 12.4. The summed E-state index contributed by atoms with van der Waals surface area (Å²) in [5, 5.41) is 6.33. The summed E-state index contributed by atoms with van der Waals surface area (Å²) >= 11 is 6.28. The van der Waals surface area contributed by atoms with Crippen LogP contribution in [0.5, 0.6) is 0 Å². The first-order valence-electron chi connectivity index (χ1n) is 5.94. The number of halogens is 1. The molecule has 0 saturated heterocycles. The van der Waals surface area contributed by atoms with Crippen LogP contribution in [0.4, 0.5) is 0 Å². The minimum absolute atomic E-state index is 0.323. The Hall–Kier alpha value is -1.09. The van der Waals surface area contributed by atoms with E-state index in [0.717, 1.165) is 27.4 Å². The van der Waals surface area contributed by atoms with Crippen molar-refractivity contribution >= 4 is 22.6 Å². The maximum Gasteiger partial charge on any atom is 0.158 e. The second-order valence-electron chi connectivity index (χ2n) is 5.04. The monoisotopic (exact) mass is 251 g/mol. The Balaban J connectivity index is 2.76. The average Bonchev–Trinajstić information content (AvgIpc) is 2.54. The zero-order chi connectivity index (χ0) is 12.7. The molecule has 17 heavy (non-hydrogen) atoms. The first-order valence-corrected chi connectivity index (χ1v) is 6.32. The lowest BCUT2D eigenvalue weighted by Crippen LogP contribution is -1.98. The summed E-state index contributed by atoms with van der Waals surface area (Å²) in [5.74, 6) is 0.700. The normalized spacial score (nSPS) is 12.0. The molecule has 0 unspecified atom stereocenters. The van der Waals surface area contributed by atoms with E-state index in [1.807, 2.05) is 17.8 Å². The molecule has 0 fully saturated rings. The van der Waals surface area contributed by atoms with Crippen molar-refractivity contribution in [1.29, 1.82) is 0 Å². The fraction of sp³-hybridized carbons (Fsp3) is 0.538. The Morgan fingerprint density at radius 3 is 2.24 bits per heavy atom. The second-order valence-corrected chi connectivity index (χ2v) is 5.45. The van der Waals surface area contributed by atoms with Gasteiger partial charge < -0.3 is 0 Å². The van der Waals surface area contributed by atoms with Crippen LogP contribution in [-0.2, 0) is 7.05 Å². The minimum Gasteiger partial charge on any atom is -0.250 e. The molecule has 2 rings (SSSR count). The third kappa shape index (κ3) is 2.04. The van der Waals surface area contributed by atoms with Crippen molar-refractivity contribution in [3.63, 3.8) is 0 Å². The number of aryl methyl sites for hydroxylation is 1. The highest BCUT2D eigenvalue weighted by Crippen LogP contribution is 2.30. The number of hydrogen-bond acceptors (Lipinski definition) is 2.